The van der Waals surface area contributed by atoms with Crippen molar-refractivity contribution < 1.29 is 8.42 Å². The third kappa shape index (κ3) is 4.35. The van der Waals surface area contributed by atoms with E-state index >= 15 is 0 Å². The Kier molecular flexibility index (Phi) is 4.58. The molecule has 2 saturated heterocycles. The highest BCUT2D eigenvalue weighted by Crippen LogP contribution is 2.31. The Labute approximate surface area is 140 Å². The van der Waals surface area contributed by atoms with E-state index in [0.29, 0.717) is 23.6 Å². The van der Waals surface area contributed by atoms with Gasteiger partial charge in [-0.1, -0.05) is 20.8 Å². The molecule has 3 rings (SSSR count). The number of likely N-dealkylation sites (tertiary alicyclic amines) is 1. The summed E-state index contributed by atoms with van der Waals surface area (Å²) in [6.07, 6.45) is 8.44. The van der Waals surface area contributed by atoms with Gasteiger partial charge in [-0.2, -0.15) is 5.10 Å². The molecule has 6 heteroatoms. The molecule has 2 aliphatic heterocycles. The van der Waals surface area contributed by atoms with Crippen molar-refractivity contribution in [3.8, 4) is 0 Å². The van der Waals surface area contributed by atoms with Crippen LogP contribution in [0, 0.1) is 5.41 Å². The molecule has 23 heavy (non-hydrogen) atoms. The van der Waals surface area contributed by atoms with E-state index in [9.17, 15) is 8.42 Å². The number of sulfone groups is 1. The molecule has 2 fully saturated rings. The third-order valence-corrected chi connectivity index (χ3v) is 6.72. The molecule has 2 aliphatic rings. The minimum Gasteiger partial charge on any atom is -0.296 e. The molecular weight excluding hydrogens is 310 g/mol. The molecule has 0 saturated carbocycles. The van der Waals surface area contributed by atoms with Crippen LogP contribution in [-0.2, 0) is 16.4 Å². The first-order chi connectivity index (χ1) is 10.7. The van der Waals surface area contributed by atoms with E-state index in [4.69, 9.17) is 0 Å². The second-order valence-electron chi connectivity index (χ2n) is 8.42. The summed E-state index contributed by atoms with van der Waals surface area (Å²) in [5.41, 5.74) is 1.56. The fourth-order valence-electron chi connectivity index (χ4n) is 3.92. The van der Waals surface area contributed by atoms with Crippen LogP contribution in [0.2, 0.25) is 0 Å². The quantitative estimate of drug-likeness (QED) is 0.846. The largest absolute Gasteiger partial charge is 0.296 e. The first-order valence-electron chi connectivity index (χ1n) is 8.69. The maximum absolute atomic E-state index is 11.6. The lowest BCUT2D eigenvalue weighted by molar-refractivity contribution is 0.185. The molecule has 0 spiro atoms. The highest BCUT2D eigenvalue weighted by atomic mass is 32.2. The van der Waals surface area contributed by atoms with Crippen molar-refractivity contribution >= 4 is 9.84 Å². The van der Waals surface area contributed by atoms with Crippen molar-refractivity contribution in [1.29, 1.82) is 0 Å². The van der Waals surface area contributed by atoms with Crippen LogP contribution in [0.4, 0.5) is 0 Å². The Hall–Kier alpha value is -0.880. The average Bonchev–Trinajstić information content (AvgIpc) is 3.10. The van der Waals surface area contributed by atoms with Crippen molar-refractivity contribution in [2.75, 3.05) is 18.1 Å². The SMILES string of the molecule is CC(C)(C)C[C@H]1CCCN1Cc1cnn([C@@H]2CCS(=O)(=O)C2)c1. The summed E-state index contributed by atoms with van der Waals surface area (Å²) in [5.74, 6) is 0.539. The maximum Gasteiger partial charge on any atom is 0.152 e. The Morgan fingerprint density at radius 2 is 2.09 bits per heavy atom. The lowest BCUT2D eigenvalue weighted by Crippen LogP contribution is -2.32. The number of hydrogen-bond donors (Lipinski definition) is 0. The standard InChI is InChI=1S/C17H29N3O2S/c1-17(2,3)9-15-5-4-7-19(15)11-14-10-18-20(12-14)16-6-8-23(21,22)13-16/h10,12,15-16H,4-9,11,13H2,1-3H3/t15-,16-/m1/s1. The Bertz CT molecular complexity index is 645. The smallest absolute Gasteiger partial charge is 0.152 e. The summed E-state index contributed by atoms with van der Waals surface area (Å²) in [7, 11) is -2.86. The van der Waals surface area contributed by atoms with Crippen LogP contribution in [0.1, 0.15) is 58.1 Å². The highest BCUT2D eigenvalue weighted by molar-refractivity contribution is 7.91. The van der Waals surface area contributed by atoms with Crippen molar-refractivity contribution in [3.63, 3.8) is 0 Å². The molecule has 1 aromatic heterocycles. The fourth-order valence-corrected chi connectivity index (χ4v) is 5.62. The van der Waals surface area contributed by atoms with Gasteiger partial charge in [-0.25, -0.2) is 8.42 Å². The van der Waals surface area contributed by atoms with E-state index in [2.05, 4.69) is 37.0 Å². The van der Waals surface area contributed by atoms with Crippen LogP contribution < -0.4 is 0 Å². The van der Waals surface area contributed by atoms with Crippen molar-refractivity contribution in [1.82, 2.24) is 14.7 Å². The van der Waals surface area contributed by atoms with Crippen LogP contribution in [0.25, 0.3) is 0 Å². The topological polar surface area (TPSA) is 55.2 Å². The van der Waals surface area contributed by atoms with Crippen molar-refractivity contribution in [3.05, 3.63) is 18.0 Å². The lowest BCUT2D eigenvalue weighted by atomic mass is 9.87. The molecule has 130 valence electrons. The average molecular weight is 340 g/mol. The van der Waals surface area contributed by atoms with E-state index in [1.54, 1.807) is 0 Å². The fraction of sp³-hybridized carbons (Fsp3) is 0.824. The number of hydrogen-bond acceptors (Lipinski definition) is 4. The summed E-state index contributed by atoms with van der Waals surface area (Å²) in [4.78, 5) is 2.57. The number of rotatable bonds is 4. The van der Waals surface area contributed by atoms with Crippen molar-refractivity contribution in [2.24, 2.45) is 5.41 Å². The summed E-state index contributed by atoms with van der Waals surface area (Å²) in [6, 6.07) is 0.683. The van der Waals surface area contributed by atoms with Gasteiger partial charge in [0.2, 0.25) is 0 Å². The monoisotopic (exact) mass is 339 g/mol. The van der Waals surface area contributed by atoms with E-state index in [1.165, 1.54) is 24.8 Å². The molecule has 0 radical (unpaired) electrons. The molecule has 3 heterocycles. The second-order valence-corrected chi connectivity index (χ2v) is 10.6. The highest BCUT2D eigenvalue weighted by Gasteiger charge is 2.31. The molecule has 0 bridgehead atoms. The summed E-state index contributed by atoms with van der Waals surface area (Å²) in [6.45, 7) is 9.01. The van der Waals surface area contributed by atoms with Gasteiger partial charge in [0.25, 0.3) is 0 Å². The molecule has 0 amide bonds. The number of nitrogens with zero attached hydrogens (tertiary/aromatic N) is 3. The predicted molar refractivity (Wildman–Crippen MR) is 92.0 cm³/mol. The minimum absolute atomic E-state index is 0.0256. The van der Waals surface area contributed by atoms with Gasteiger partial charge in [-0.3, -0.25) is 9.58 Å². The Morgan fingerprint density at radius 3 is 2.74 bits per heavy atom. The Morgan fingerprint density at radius 1 is 1.30 bits per heavy atom. The third-order valence-electron chi connectivity index (χ3n) is 4.97. The van der Waals surface area contributed by atoms with E-state index < -0.39 is 9.84 Å². The maximum atomic E-state index is 11.6. The minimum atomic E-state index is -2.86. The molecule has 0 unspecified atom stereocenters. The van der Waals surface area contributed by atoms with E-state index in [0.717, 1.165) is 13.1 Å². The van der Waals surface area contributed by atoms with Gasteiger partial charge in [0.05, 0.1) is 23.7 Å². The van der Waals surface area contributed by atoms with Gasteiger partial charge in [-0.15, -0.1) is 0 Å². The van der Waals surface area contributed by atoms with Crippen LogP contribution in [0.5, 0.6) is 0 Å². The van der Waals surface area contributed by atoms with Gasteiger partial charge in [0.15, 0.2) is 9.84 Å². The molecule has 1 aromatic rings. The van der Waals surface area contributed by atoms with E-state index in [1.807, 2.05) is 10.9 Å². The van der Waals surface area contributed by atoms with E-state index in [-0.39, 0.29) is 11.8 Å². The van der Waals surface area contributed by atoms with Crippen molar-refractivity contribution in [2.45, 2.75) is 65.1 Å². The zero-order chi connectivity index (χ0) is 16.7. The van der Waals surface area contributed by atoms with Crippen LogP contribution in [-0.4, -0.2) is 47.2 Å². The summed E-state index contributed by atoms with van der Waals surface area (Å²) < 4.78 is 25.1. The zero-order valence-electron chi connectivity index (χ0n) is 14.5. The van der Waals surface area contributed by atoms with Crippen LogP contribution in [0.3, 0.4) is 0 Å². The van der Waals surface area contributed by atoms with Crippen LogP contribution >= 0.6 is 0 Å². The predicted octanol–water partition coefficient (Wildman–Crippen LogP) is 2.64. The summed E-state index contributed by atoms with van der Waals surface area (Å²) >= 11 is 0. The molecular formula is C17H29N3O2S. The Balaban J connectivity index is 1.63. The van der Waals surface area contributed by atoms with Gasteiger partial charge < -0.3 is 0 Å². The van der Waals surface area contributed by atoms with Gasteiger partial charge >= 0.3 is 0 Å². The second kappa shape index (κ2) is 6.20. The van der Waals surface area contributed by atoms with Crippen LogP contribution in [0.15, 0.2) is 12.4 Å². The van der Waals surface area contributed by atoms with Gasteiger partial charge in [0.1, 0.15) is 0 Å². The van der Waals surface area contributed by atoms with Gasteiger partial charge in [-0.05, 0) is 37.6 Å². The zero-order valence-corrected chi connectivity index (χ0v) is 15.3. The van der Waals surface area contributed by atoms with Gasteiger partial charge in [0, 0.05) is 24.3 Å². The molecule has 0 N–H and O–H groups in total. The molecule has 5 nitrogen and oxygen atoms in total. The molecule has 0 aliphatic carbocycles. The molecule has 0 aromatic carbocycles. The first kappa shape index (κ1) is 17.0. The normalized spacial score (nSPS) is 28.5. The first-order valence-corrected chi connectivity index (χ1v) is 10.5. The molecule has 2 atom stereocenters. The summed E-state index contributed by atoms with van der Waals surface area (Å²) in [5, 5.41) is 4.43. The lowest BCUT2D eigenvalue weighted by Gasteiger charge is -2.30. The number of aromatic nitrogens is 2.